The summed E-state index contributed by atoms with van der Waals surface area (Å²) in [4.78, 5) is 28.1. The largest absolute Gasteiger partial charge is 0.494 e. The first-order valence-electron chi connectivity index (χ1n) is 13.2. The molecule has 8 nitrogen and oxygen atoms in total. The zero-order valence-electron chi connectivity index (χ0n) is 23.1. The first kappa shape index (κ1) is 32.7. The van der Waals surface area contributed by atoms with Crippen molar-refractivity contribution in [2.24, 2.45) is 0 Å². The molecule has 2 amide bonds. The number of ether oxygens (including phenoxy) is 1. The minimum Gasteiger partial charge on any atom is -0.494 e. The predicted octanol–water partition coefficient (Wildman–Crippen LogP) is 5.66. The molecule has 2 rings (SSSR count). The summed E-state index contributed by atoms with van der Waals surface area (Å²) in [5.74, 6) is 0.152. The maximum absolute atomic E-state index is 13.5. The molecule has 0 saturated heterocycles. The monoisotopic (exact) mass is 599 g/mol. The van der Waals surface area contributed by atoms with E-state index in [2.05, 4.69) is 5.32 Å². The maximum Gasteiger partial charge on any atom is 0.242 e. The molecular weight excluding hydrogens is 561 g/mol. The molecule has 11 heteroatoms. The van der Waals surface area contributed by atoms with Gasteiger partial charge in [-0.25, -0.2) is 8.42 Å². The molecule has 2 aromatic rings. The lowest BCUT2D eigenvalue weighted by molar-refractivity contribution is -0.141. The Balaban J connectivity index is 2.22. The summed E-state index contributed by atoms with van der Waals surface area (Å²) in [6.45, 7) is 7.03. The summed E-state index contributed by atoms with van der Waals surface area (Å²) in [6.07, 6.45) is 3.63. The van der Waals surface area contributed by atoms with Crippen LogP contribution in [0.1, 0.15) is 58.4 Å². The highest BCUT2D eigenvalue weighted by molar-refractivity contribution is 7.92. The number of halogens is 2. The van der Waals surface area contributed by atoms with Crippen LogP contribution in [0.2, 0.25) is 10.0 Å². The molecule has 216 valence electrons. The number of anilines is 1. The second kappa shape index (κ2) is 15.9. The fraction of sp³-hybridized carbons (Fsp3) is 0.500. The van der Waals surface area contributed by atoms with Gasteiger partial charge in [0.05, 0.1) is 18.6 Å². The number of amides is 2. The summed E-state index contributed by atoms with van der Waals surface area (Å²) in [7, 11) is -3.59. The van der Waals surface area contributed by atoms with Crippen LogP contribution in [-0.2, 0) is 26.2 Å². The van der Waals surface area contributed by atoms with Crippen LogP contribution in [0.4, 0.5) is 5.69 Å². The second-order valence-corrected chi connectivity index (χ2v) is 11.9. The number of sulfonamides is 1. The van der Waals surface area contributed by atoms with Crippen molar-refractivity contribution in [1.29, 1.82) is 0 Å². The highest BCUT2D eigenvalue weighted by atomic mass is 35.5. The van der Waals surface area contributed by atoms with E-state index in [9.17, 15) is 18.0 Å². The molecule has 39 heavy (non-hydrogen) atoms. The summed E-state index contributed by atoms with van der Waals surface area (Å²) in [5, 5.41) is 3.80. The molecule has 0 saturated carbocycles. The molecule has 1 atom stereocenters. The Morgan fingerprint density at radius 2 is 1.72 bits per heavy atom. The van der Waals surface area contributed by atoms with Crippen molar-refractivity contribution in [2.75, 3.05) is 30.3 Å². The molecular formula is C28H39Cl2N3O5S. The number of carbonyl (C=O) groups excluding carboxylic acids is 2. The van der Waals surface area contributed by atoms with Crippen LogP contribution in [0.3, 0.4) is 0 Å². The lowest BCUT2D eigenvalue weighted by Crippen LogP contribution is -2.49. The van der Waals surface area contributed by atoms with Crippen LogP contribution < -0.4 is 14.4 Å². The first-order valence-corrected chi connectivity index (χ1v) is 15.8. The number of hydrogen-bond acceptors (Lipinski definition) is 5. The Morgan fingerprint density at radius 1 is 1.03 bits per heavy atom. The highest BCUT2D eigenvalue weighted by Gasteiger charge is 2.29. The van der Waals surface area contributed by atoms with Gasteiger partial charge in [0.25, 0.3) is 0 Å². The van der Waals surface area contributed by atoms with Crippen molar-refractivity contribution < 1.29 is 22.7 Å². The Morgan fingerprint density at radius 3 is 2.28 bits per heavy atom. The topological polar surface area (TPSA) is 96.0 Å². The average molecular weight is 601 g/mol. The van der Waals surface area contributed by atoms with Gasteiger partial charge in [0.2, 0.25) is 21.8 Å². The Hall–Kier alpha value is -2.49. The van der Waals surface area contributed by atoms with Crippen LogP contribution in [0, 0.1) is 0 Å². The van der Waals surface area contributed by atoms with E-state index in [1.54, 1.807) is 42.5 Å². The van der Waals surface area contributed by atoms with Crippen molar-refractivity contribution in [3.05, 3.63) is 58.1 Å². The highest BCUT2D eigenvalue weighted by Crippen LogP contribution is 2.25. The number of nitrogens with zero attached hydrogens (tertiary/aromatic N) is 2. The lowest BCUT2D eigenvalue weighted by Gasteiger charge is -2.31. The van der Waals surface area contributed by atoms with Crippen molar-refractivity contribution >= 4 is 50.7 Å². The summed E-state index contributed by atoms with van der Waals surface area (Å²) < 4.78 is 31.8. The van der Waals surface area contributed by atoms with E-state index < -0.39 is 16.1 Å². The zero-order valence-corrected chi connectivity index (χ0v) is 25.4. The van der Waals surface area contributed by atoms with Crippen LogP contribution in [0.15, 0.2) is 42.5 Å². The molecule has 0 spiro atoms. The molecule has 0 radical (unpaired) electrons. The Bertz CT molecular complexity index is 1190. The molecule has 0 aliphatic rings. The predicted molar refractivity (Wildman–Crippen MR) is 158 cm³/mol. The maximum atomic E-state index is 13.5. The molecule has 0 bridgehead atoms. The zero-order chi connectivity index (χ0) is 29.0. The molecule has 0 aliphatic heterocycles. The Kier molecular flexibility index (Phi) is 13.4. The van der Waals surface area contributed by atoms with Crippen LogP contribution >= 0.6 is 23.2 Å². The van der Waals surface area contributed by atoms with Gasteiger partial charge in [-0.3, -0.25) is 13.9 Å². The number of hydrogen-bond donors (Lipinski definition) is 1. The summed E-state index contributed by atoms with van der Waals surface area (Å²) >= 11 is 12.4. The van der Waals surface area contributed by atoms with Gasteiger partial charge in [0.15, 0.2) is 0 Å². The molecule has 0 fully saturated rings. The van der Waals surface area contributed by atoms with Gasteiger partial charge >= 0.3 is 0 Å². The van der Waals surface area contributed by atoms with Crippen LogP contribution in [0.25, 0.3) is 0 Å². The number of unbranched alkanes of at least 4 members (excludes halogenated alkanes) is 1. The number of rotatable bonds is 16. The van der Waals surface area contributed by atoms with Crippen molar-refractivity contribution in [2.45, 2.75) is 65.5 Å². The number of benzene rings is 2. The van der Waals surface area contributed by atoms with Gasteiger partial charge in [0, 0.05) is 36.1 Å². The number of carbonyl (C=O) groups is 2. The standard InChI is InChI=1S/C28H39Cl2N3O5S/c1-5-8-17-31-28(35)26(6-2)32(20-21-11-12-22(29)19-25(21)30)27(34)10-9-18-33(39(4,36)37)23-13-15-24(16-14-23)38-7-3/h11-16,19,26H,5-10,17-18,20H2,1-4H3,(H,31,35)/t26-/m1/s1. The quantitative estimate of drug-likeness (QED) is 0.251. The number of nitrogens with one attached hydrogen (secondary N) is 1. The lowest BCUT2D eigenvalue weighted by atomic mass is 10.1. The third-order valence-electron chi connectivity index (χ3n) is 6.16. The Labute approximate surface area is 242 Å². The van der Waals surface area contributed by atoms with E-state index in [0.29, 0.717) is 46.6 Å². The van der Waals surface area contributed by atoms with Crippen LogP contribution in [0.5, 0.6) is 5.75 Å². The molecule has 0 heterocycles. The van der Waals surface area contributed by atoms with E-state index in [-0.39, 0.29) is 37.7 Å². The van der Waals surface area contributed by atoms with Gasteiger partial charge in [-0.05, 0) is 68.1 Å². The van der Waals surface area contributed by atoms with E-state index in [4.69, 9.17) is 27.9 Å². The van der Waals surface area contributed by atoms with E-state index in [0.717, 1.165) is 19.1 Å². The van der Waals surface area contributed by atoms with Crippen molar-refractivity contribution in [3.8, 4) is 5.75 Å². The summed E-state index contributed by atoms with van der Waals surface area (Å²) in [5.41, 5.74) is 1.15. The first-order chi connectivity index (χ1) is 18.5. The minimum atomic E-state index is -3.59. The van der Waals surface area contributed by atoms with E-state index in [1.165, 1.54) is 9.21 Å². The van der Waals surface area contributed by atoms with E-state index >= 15 is 0 Å². The van der Waals surface area contributed by atoms with Gasteiger partial charge in [0.1, 0.15) is 11.8 Å². The normalized spacial score (nSPS) is 12.1. The van der Waals surface area contributed by atoms with Gasteiger partial charge in [-0.2, -0.15) is 0 Å². The molecule has 2 aromatic carbocycles. The SMILES string of the molecule is CCCCNC(=O)[C@@H](CC)N(Cc1ccc(Cl)cc1Cl)C(=O)CCCN(c1ccc(OCC)cc1)S(C)(=O)=O. The molecule has 0 unspecified atom stereocenters. The van der Waals surface area contributed by atoms with Gasteiger partial charge in [-0.1, -0.05) is 49.5 Å². The minimum absolute atomic E-state index is 0.0486. The van der Waals surface area contributed by atoms with Crippen molar-refractivity contribution in [1.82, 2.24) is 10.2 Å². The van der Waals surface area contributed by atoms with Crippen molar-refractivity contribution in [3.63, 3.8) is 0 Å². The molecule has 0 aliphatic carbocycles. The smallest absolute Gasteiger partial charge is 0.242 e. The van der Waals surface area contributed by atoms with Gasteiger partial charge < -0.3 is 15.0 Å². The molecule has 0 aromatic heterocycles. The fourth-order valence-corrected chi connectivity index (χ4v) is 5.57. The molecule has 1 N–H and O–H groups in total. The second-order valence-electron chi connectivity index (χ2n) is 9.19. The van der Waals surface area contributed by atoms with E-state index in [1.807, 2.05) is 20.8 Å². The van der Waals surface area contributed by atoms with Gasteiger partial charge in [-0.15, -0.1) is 0 Å². The average Bonchev–Trinajstić information content (AvgIpc) is 2.88. The third-order valence-corrected chi connectivity index (χ3v) is 7.94. The summed E-state index contributed by atoms with van der Waals surface area (Å²) in [6, 6.07) is 11.1. The fourth-order valence-electron chi connectivity index (χ4n) is 4.14. The third kappa shape index (κ3) is 10.2. The van der Waals surface area contributed by atoms with Crippen LogP contribution in [-0.4, -0.2) is 57.1 Å².